The first-order valence-corrected chi connectivity index (χ1v) is 7.72. The minimum absolute atomic E-state index is 0.351. The Hall–Kier alpha value is -1.82. The number of aryl methyl sites for hydroxylation is 1. The van der Waals surface area contributed by atoms with Gasteiger partial charge in [-0.3, -0.25) is 0 Å². The maximum Gasteiger partial charge on any atom is 0.166 e. The summed E-state index contributed by atoms with van der Waals surface area (Å²) in [6.45, 7) is 1.96. The monoisotopic (exact) mass is 321 g/mol. The zero-order valence-corrected chi connectivity index (χ0v) is 13.1. The molecule has 0 aromatic heterocycles. The van der Waals surface area contributed by atoms with Crippen LogP contribution in [-0.4, -0.2) is 8.62 Å². The van der Waals surface area contributed by atoms with Gasteiger partial charge < -0.3 is 5.73 Å². The molecular weight excluding hydrogens is 306 g/mol. The lowest BCUT2D eigenvalue weighted by atomic mass is 10.2. The number of hydrogen-bond donors (Lipinski definition) is 2. The molecule has 1 atom stereocenters. The smallest absolute Gasteiger partial charge is 0.166 e. The molecule has 0 bridgehead atoms. The van der Waals surface area contributed by atoms with Crippen LogP contribution in [0.15, 0.2) is 59.6 Å². The van der Waals surface area contributed by atoms with E-state index in [1.165, 1.54) is 6.20 Å². The number of nitrogens with zero attached hydrogens (tertiary/aromatic N) is 1. The van der Waals surface area contributed by atoms with Crippen LogP contribution >= 0.6 is 11.6 Å². The van der Waals surface area contributed by atoms with Crippen molar-refractivity contribution < 1.29 is 4.21 Å². The maximum atomic E-state index is 12.3. The van der Waals surface area contributed by atoms with Crippen molar-refractivity contribution in [2.45, 2.75) is 11.8 Å². The van der Waals surface area contributed by atoms with Crippen molar-refractivity contribution in [3.63, 3.8) is 0 Å². The van der Waals surface area contributed by atoms with E-state index in [0.29, 0.717) is 21.2 Å². The van der Waals surface area contributed by atoms with Crippen LogP contribution in [0.4, 0.5) is 0 Å². The fourth-order valence-corrected chi connectivity index (χ4v) is 2.79. The molecule has 0 fully saturated rings. The van der Waals surface area contributed by atoms with Gasteiger partial charge in [0.15, 0.2) is 11.0 Å². The number of halogens is 1. The third kappa shape index (κ3) is 3.85. The third-order valence-electron chi connectivity index (χ3n) is 2.87. The molecule has 1 unspecified atom stereocenters. The molecule has 0 aliphatic heterocycles. The lowest BCUT2D eigenvalue weighted by Crippen LogP contribution is -2.28. The predicted octanol–water partition coefficient (Wildman–Crippen LogP) is 2.80. The minimum atomic E-state index is -1.53. The quantitative estimate of drug-likeness (QED) is 0.672. The Morgan fingerprint density at radius 2 is 1.81 bits per heavy atom. The van der Waals surface area contributed by atoms with Crippen LogP contribution in [0.1, 0.15) is 11.1 Å². The largest absolute Gasteiger partial charge is 0.397 e. The van der Waals surface area contributed by atoms with E-state index >= 15 is 0 Å². The highest BCUT2D eigenvalue weighted by molar-refractivity contribution is 7.82. The summed E-state index contributed by atoms with van der Waals surface area (Å²) in [7, 11) is -1.53. The maximum absolute atomic E-state index is 12.3. The number of hydrogen-bond acceptors (Lipinski definition) is 3. The lowest BCUT2D eigenvalue weighted by Gasteiger charge is -2.14. The Labute approximate surface area is 131 Å². The number of nitrogens with two attached hydrogens (primary N) is 2. The molecule has 0 saturated heterocycles. The van der Waals surface area contributed by atoms with Gasteiger partial charge in [-0.2, -0.15) is 0 Å². The zero-order valence-electron chi connectivity index (χ0n) is 11.5. The molecule has 0 spiro atoms. The molecule has 0 radical (unpaired) electrons. The van der Waals surface area contributed by atoms with Crippen molar-refractivity contribution in [3.8, 4) is 0 Å². The molecular formula is C15H16ClN3OS. The number of benzene rings is 2. The predicted molar refractivity (Wildman–Crippen MR) is 87.2 cm³/mol. The van der Waals surface area contributed by atoms with E-state index in [4.69, 9.17) is 23.2 Å². The third-order valence-corrected chi connectivity index (χ3v) is 4.36. The molecule has 0 aliphatic rings. The SMILES string of the molecule is Cc1ccc(S(=O)N(N)/C=C(\N)c2ccccc2Cl)cc1. The molecule has 21 heavy (non-hydrogen) atoms. The summed E-state index contributed by atoms with van der Waals surface area (Å²) in [5.74, 6) is 5.81. The molecule has 0 aliphatic carbocycles. The molecule has 4 N–H and O–H groups in total. The first kappa shape index (κ1) is 15.6. The molecule has 0 saturated carbocycles. The number of hydrazine groups is 1. The Morgan fingerprint density at radius 3 is 2.43 bits per heavy atom. The fraction of sp³-hybridized carbons (Fsp3) is 0.0667. The van der Waals surface area contributed by atoms with Crippen LogP contribution in [0.2, 0.25) is 5.02 Å². The molecule has 110 valence electrons. The normalized spacial score (nSPS) is 13.0. The highest BCUT2D eigenvalue weighted by Gasteiger charge is 2.10. The van der Waals surface area contributed by atoms with Crippen LogP contribution in [0.5, 0.6) is 0 Å². The van der Waals surface area contributed by atoms with Gasteiger partial charge in [-0.05, 0) is 25.1 Å². The number of rotatable bonds is 4. The van der Waals surface area contributed by atoms with Crippen molar-refractivity contribution in [2.24, 2.45) is 11.6 Å². The topological polar surface area (TPSA) is 72.3 Å². The van der Waals surface area contributed by atoms with Gasteiger partial charge >= 0.3 is 0 Å². The lowest BCUT2D eigenvalue weighted by molar-refractivity contribution is 0.589. The highest BCUT2D eigenvalue weighted by Crippen LogP contribution is 2.21. The van der Waals surface area contributed by atoms with Crippen molar-refractivity contribution in [3.05, 3.63) is 70.9 Å². The standard InChI is InChI=1S/C15H16ClN3OS/c1-11-6-8-12(9-7-11)21(20)19(18)10-15(17)13-4-2-3-5-14(13)16/h2-10H,17-18H2,1H3/b15-10-. The van der Waals surface area contributed by atoms with Gasteiger partial charge in [0.25, 0.3) is 0 Å². The van der Waals surface area contributed by atoms with Gasteiger partial charge in [0.2, 0.25) is 0 Å². The van der Waals surface area contributed by atoms with Crippen LogP contribution in [-0.2, 0) is 11.0 Å². The second kappa shape index (κ2) is 6.76. The van der Waals surface area contributed by atoms with E-state index in [9.17, 15) is 4.21 Å². The summed E-state index contributed by atoms with van der Waals surface area (Å²) < 4.78 is 13.4. The summed E-state index contributed by atoms with van der Waals surface area (Å²) in [5, 5.41) is 0.515. The average Bonchev–Trinajstić information content (AvgIpc) is 2.47. The van der Waals surface area contributed by atoms with E-state index in [1.807, 2.05) is 31.2 Å². The summed E-state index contributed by atoms with van der Waals surface area (Å²) in [5.41, 5.74) is 8.04. The summed E-state index contributed by atoms with van der Waals surface area (Å²) >= 11 is 6.06. The van der Waals surface area contributed by atoms with Crippen LogP contribution in [0.25, 0.3) is 5.70 Å². The van der Waals surface area contributed by atoms with Gasteiger partial charge in [-0.25, -0.2) is 14.5 Å². The van der Waals surface area contributed by atoms with Crippen LogP contribution < -0.4 is 11.6 Å². The molecule has 0 heterocycles. The zero-order chi connectivity index (χ0) is 15.4. The highest BCUT2D eigenvalue weighted by atomic mass is 35.5. The summed E-state index contributed by atoms with van der Waals surface area (Å²) in [6, 6.07) is 14.4. The van der Waals surface area contributed by atoms with Crippen molar-refractivity contribution in [1.29, 1.82) is 0 Å². The second-order valence-electron chi connectivity index (χ2n) is 4.49. The Kier molecular flexibility index (Phi) is 5.01. The van der Waals surface area contributed by atoms with E-state index in [1.54, 1.807) is 24.3 Å². The fourth-order valence-electron chi connectivity index (χ4n) is 1.73. The van der Waals surface area contributed by atoms with Gasteiger partial charge in [0.1, 0.15) is 0 Å². The van der Waals surface area contributed by atoms with Crippen LogP contribution in [0.3, 0.4) is 0 Å². The molecule has 2 rings (SSSR count). The Balaban J connectivity index is 2.22. The van der Waals surface area contributed by atoms with Crippen molar-refractivity contribution >= 4 is 28.3 Å². The minimum Gasteiger partial charge on any atom is -0.397 e. The molecule has 4 nitrogen and oxygen atoms in total. The first-order chi connectivity index (χ1) is 9.99. The van der Waals surface area contributed by atoms with Crippen LogP contribution in [0, 0.1) is 6.92 Å². The molecule has 6 heteroatoms. The molecule has 2 aromatic rings. The van der Waals surface area contributed by atoms with E-state index < -0.39 is 11.0 Å². The second-order valence-corrected chi connectivity index (χ2v) is 6.28. The summed E-state index contributed by atoms with van der Waals surface area (Å²) in [6.07, 6.45) is 1.41. The van der Waals surface area contributed by atoms with E-state index in [0.717, 1.165) is 9.98 Å². The van der Waals surface area contributed by atoms with E-state index in [2.05, 4.69) is 0 Å². The van der Waals surface area contributed by atoms with Crippen molar-refractivity contribution in [1.82, 2.24) is 4.41 Å². The first-order valence-electron chi connectivity index (χ1n) is 6.23. The van der Waals surface area contributed by atoms with Gasteiger partial charge in [0.05, 0.1) is 16.8 Å². The van der Waals surface area contributed by atoms with Gasteiger partial charge in [-0.15, -0.1) is 0 Å². The average molecular weight is 322 g/mol. The van der Waals surface area contributed by atoms with Gasteiger partial charge in [-0.1, -0.05) is 47.5 Å². The molecule has 0 amide bonds. The molecule has 2 aromatic carbocycles. The Morgan fingerprint density at radius 1 is 1.19 bits per heavy atom. The summed E-state index contributed by atoms with van der Waals surface area (Å²) in [4.78, 5) is 0.603. The van der Waals surface area contributed by atoms with Crippen molar-refractivity contribution in [2.75, 3.05) is 0 Å². The van der Waals surface area contributed by atoms with E-state index in [-0.39, 0.29) is 0 Å². The van der Waals surface area contributed by atoms with Gasteiger partial charge in [0, 0.05) is 10.6 Å². The Bertz CT molecular complexity index is 686.